The van der Waals surface area contributed by atoms with Gasteiger partial charge in [-0.15, -0.1) is 0 Å². The highest BCUT2D eigenvalue weighted by molar-refractivity contribution is 7.20. The summed E-state index contributed by atoms with van der Waals surface area (Å²) in [6.07, 6.45) is 1.64. The number of benzene rings is 3. The van der Waals surface area contributed by atoms with Gasteiger partial charge in [0.1, 0.15) is 10.7 Å². The van der Waals surface area contributed by atoms with Gasteiger partial charge in [0.2, 0.25) is 5.13 Å². The third kappa shape index (κ3) is 5.67. The fourth-order valence-electron chi connectivity index (χ4n) is 3.41. The zero-order valence-corrected chi connectivity index (χ0v) is 20.8. The van der Waals surface area contributed by atoms with Crippen molar-refractivity contribution in [3.05, 3.63) is 89.0 Å². The van der Waals surface area contributed by atoms with Crippen LogP contribution in [0.2, 0.25) is 0 Å². The van der Waals surface area contributed by atoms with Crippen molar-refractivity contribution in [1.82, 2.24) is 4.98 Å². The first-order valence-electron chi connectivity index (χ1n) is 10.9. The number of carbonyl (C=O) groups excluding carboxylic acids is 1. The summed E-state index contributed by atoms with van der Waals surface area (Å²) in [7, 11) is 3.17. The van der Waals surface area contributed by atoms with E-state index >= 15 is 0 Å². The summed E-state index contributed by atoms with van der Waals surface area (Å²) in [5, 5.41) is 8.51. The quantitative estimate of drug-likeness (QED) is 0.231. The third-order valence-corrected chi connectivity index (χ3v) is 6.17. The minimum atomic E-state index is -0.196. The number of hydrogen-bond donors (Lipinski definition) is 2. The molecule has 0 bridgehead atoms. The number of methoxy groups -OCH3 is 2. The lowest BCUT2D eigenvalue weighted by Gasteiger charge is -2.09. The van der Waals surface area contributed by atoms with Crippen molar-refractivity contribution in [3.8, 4) is 22.8 Å². The summed E-state index contributed by atoms with van der Waals surface area (Å²) < 4.78 is 10.8. The third-order valence-electron chi connectivity index (χ3n) is 5.29. The normalized spacial score (nSPS) is 10.9. The molecule has 0 aliphatic heterocycles. The lowest BCUT2D eigenvalue weighted by atomic mass is 10.1. The van der Waals surface area contributed by atoms with Gasteiger partial charge >= 0.3 is 0 Å². The van der Waals surface area contributed by atoms with Crippen LogP contribution in [0.4, 0.5) is 10.1 Å². The van der Waals surface area contributed by atoms with E-state index in [9.17, 15) is 4.79 Å². The van der Waals surface area contributed by atoms with Crippen LogP contribution in [-0.2, 0) is 0 Å². The van der Waals surface area contributed by atoms with Crippen LogP contribution in [0, 0.1) is 13.8 Å². The molecule has 35 heavy (non-hydrogen) atoms. The minimum Gasteiger partial charge on any atom is -0.493 e. The van der Waals surface area contributed by atoms with Crippen molar-refractivity contribution in [2.75, 3.05) is 25.0 Å². The maximum atomic E-state index is 12.9. The van der Waals surface area contributed by atoms with Crippen LogP contribution in [0.5, 0.6) is 11.5 Å². The fourth-order valence-corrected chi connectivity index (χ4v) is 4.24. The Morgan fingerprint density at radius 3 is 2.29 bits per heavy atom. The smallest absolute Gasteiger partial charge is 0.256 e. The van der Waals surface area contributed by atoms with Gasteiger partial charge in [-0.25, -0.2) is 4.98 Å². The molecule has 0 fully saturated rings. The van der Waals surface area contributed by atoms with Crippen molar-refractivity contribution in [2.24, 2.45) is 5.10 Å². The van der Waals surface area contributed by atoms with Crippen LogP contribution in [0.1, 0.15) is 27.0 Å². The highest BCUT2D eigenvalue weighted by Gasteiger charge is 2.17. The average Bonchev–Trinajstić information content (AvgIpc) is 3.26. The molecule has 0 aliphatic carbocycles. The first-order chi connectivity index (χ1) is 17.0. The average molecular weight is 487 g/mol. The van der Waals surface area contributed by atoms with E-state index in [1.807, 2.05) is 80.6 Å². The monoisotopic (exact) mass is 486 g/mol. The number of para-hydroxylation sites is 1. The molecule has 1 aromatic heterocycles. The zero-order chi connectivity index (χ0) is 24.8. The van der Waals surface area contributed by atoms with Gasteiger partial charge in [0.25, 0.3) is 5.91 Å². The summed E-state index contributed by atoms with van der Waals surface area (Å²) in [5.74, 6) is 1.01. The summed E-state index contributed by atoms with van der Waals surface area (Å²) in [5.41, 5.74) is 8.12. The highest BCUT2D eigenvalue weighted by Crippen LogP contribution is 2.36. The number of amides is 1. The number of anilines is 2. The first-order valence-corrected chi connectivity index (χ1v) is 11.8. The Morgan fingerprint density at radius 2 is 1.63 bits per heavy atom. The molecule has 1 amide bonds. The van der Waals surface area contributed by atoms with E-state index in [0.29, 0.717) is 32.9 Å². The molecule has 0 spiro atoms. The number of ether oxygens (including phenoxy) is 2. The molecule has 1 heterocycles. The van der Waals surface area contributed by atoms with E-state index < -0.39 is 0 Å². The van der Waals surface area contributed by atoms with Crippen molar-refractivity contribution in [3.63, 3.8) is 0 Å². The Morgan fingerprint density at radius 1 is 0.943 bits per heavy atom. The van der Waals surface area contributed by atoms with Crippen LogP contribution in [0.25, 0.3) is 11.3 Å². The lowest BCUT2D eigenvalue weighted by Crippen LogP contribution is -2.11. The molecule has 0 aliphatic rings. The summed E-state index contributed by atoms with van der Waals surface area (Å²) in [6, 6.07) is 21.0. The number of nitrogens with zero attached hydrogens (tertiary/aromatic N) is 2. The number of thiazole rings is 1. The van der Waals surface area contributed by atoms with Crippen molar-refractivity contribution >= 4 is 33.6 Å². The Kier molecular flexibility index (Phi) is 7.42. The van der Waals surface area contributed by atoms with Gasteiger partial charge in [0.15, 0.2) is 11.5 Å². The lowest BCUT2D eigenvalue weighted by molar-refractivity contribution is 0.102. The summed E-state index contributed by atoms with van der Waals surface area (Å²) in [6.45, 7) is 4.01. The van der Waals surface area contributed by atoms with Gasteiger partial charge in [-0.3, -0.25) is 10.2 Å². The number of aromatic nitrogens is 1. The standard InChI is InChI=1S/C27H26N4O3S/c1-17-8-12-19(13-9-17)23-26(30-25(32)20-14-10-18(2)11-15-20)35-27(29-23)31-28-16-21-6-5-7-22(33-3)24(21)34-4/h5-16H,1-4H3,(H,29,31)(H,30,32). The van der Waals surface area contributed by atoms with Crippen LogP contribution >= 0.6 is 11.3 Å². The van der Waals surface area contributed by atoms with Gasteiger partial charge in [0.05, 0.1) is 20.4 Å². The second kappa shape index (κ2) is 10.8. The second-order valence-electron chi connectivity index (χ2n) is 7.84. The van der Waals surface area contributed by atoms with Gasteiger partial charge in [-0.2, -0.15) is 5.10 Å². The van der Waals surface area contributed by atoms with E-state index in [1.165, 1.54) is 11.3 Å². The molecule has 2 N–H and O–H groups in total. The van der Waals surface area contributed by atoms with Gasteiger partial charge in [0, 0.05) is 16.7 Å². The summed E-state index contributed by atoms with van der Waals surface area (Å²) >= 11 is 1.31. The summed E-state index contributed by atoms with van der Waals surface area (Å²) in [4.78, 5) is 17.6. The molecule has 7 nitrogen and oxygen atoms in total. The van der Waals surface area contributed by atoms with Crippen molar-refractivity contribution < 1.29 is 14.3 Å². The highest BCUT2D eigenvalue weighted by atomic mass is 32.1. The molecular formula is C27H26N4O3S. The van der Waals surface area contributed by atoms with E-state index in [1.54, 1.807) is 20.4 Å². The topological polar surface area (TPSA) is 84.8 Å². The molecule has 0 unspecified atom stereocenters. The van der Waals surface area contributed by atoms with Gasteiger partial charge < -0.3 is 14.8 Å². The van der Waals surface area contributed by atoms with Crippen LogP contribution < -0.4 is 20.2 Å². The largest absolute Gasteiger partial charge is 0.493 e. The Labute approximate surface area is 208 Å². The SMILES string of the molecule is COc1cccc(C=NNc2nc(-c3ccc(C)cc3)c(NC(=O)c3ccc(C)cc3)s2)c1OC. The fraction of sp³-hybridized carbons (Fsp3) is 0.148. The van der Waals surface area contributed by atoms with E-state index in [4.69, 9.17) is 14.5 Å². The molecular weight excluding hydrogens is 460 g/mol. The predicted octanol–water partition coefficient (Wildman–Crippen LogP) is 6.14. The van der Waals surface area contributed by atoms with Crippen LogP contribution in [0.3, 0.4) is 0 Å². The van der Waals surface area contributed by atoms with E-state index in [-0.39, 0.29) is 5.91 Å². The number of hydrogen-bond acceptors (Lipinski definition) is 7. The first kappa shape index (κ1) is 24.0. The molecule has 3 aromatic carbocycles. The molecule has 0 atom stereocenters. The molecule has 0 saturated heterocycles. The van der Waals surface area contributed by atoms with Gasteiger partial charge in [-0.05, 0) is 38.1 Å². The molecule has 0 radical (unpaired) electrons. The number of carbonyl (C=O) groups is 1. The molecule has 8 heteroatoms. The zero-order valence-electron chi connectivity index (χ0n) is 20.0. The number of nitrogens with one attached hydrogen (secondary N) is 2. The number of rotatable bonds is 8. The second-order valence-corrected chi connectivity index (χ2v) is 8.83. The Balaban J connectivity index is 1.61. The predicted molar refractivity (Wildman–Crippen MR) is 142 cm³/mol. The molecule has 0 saturated carbocycles. The molecule has 4 aromatic rings. The number of hydrazone groups is 1. The molecule has 178 valence electrons. The number of aryl methyl sites for hydroxylation is 2. The van der Waals surface area contributed by atoms with E-state index in [0.717, 1.165) is 22.3 Å². The van der Waals surface area contributed by atoms with Crippen LogP contribution in [0.15, 0.2) is 71.8 Å². The van der Waals surface area contributed by atoms with E-state index in [2.05, 4.69) is 15.8 Å². The van der Waals surface area contributed by atoms with Crippen molar-refractivity contribution in [2.45, 2.75) is 13.8 Å². The van der Waals surface area contributed by atoms with Crippen molar-refractivity contribution in [1.29, 1.82) is 0 Å². The van der Waals surface area contributed by atoms with Crippen LogP contribution in [-0.4, -0.2) is 31.3 Å². The maximum Gasteiger partial charge on any atom is 0.256 e. The maximum absolute atomic E-state index is 12.9. The Hall–Kier alpha value is -4.17. The Bertz CT molecular complexity index is 1350. The molecule has 4 rings (SSSR count). The minimum absolute atomic E-state index is 0.196. The van der Waals surface area contributed by atoms with Gasteiger partial charge in [-0.1, -0.05) is 64.9 Å².